The van der Waals surface area contributed by atoms with Gasteiger partial charge in [-0.2, -0.15) is 0 Å². The van der Waals surface area contributed by atoms with E-state index in [0.717, 1.165) is 11.8 Å². The molecule has 0 aliphatic carbocycles. The summed E-state index contributed by atoms with van der Waals surface area (Å²) < 4.78 is 4.99. The Balaban J connectivity index is 1.98. The first kappa shape index (κ1) is 20.0. The largest absolute Gasteiger partial charge is 0.478 e. The van der Waals surface area contributed by atoms with E-state index in [1.54, 1.807) is 36.1 Å². The number of urea groups is 1. The summed E-state index contributed by atoms with van der Waals surface area (Å²) in [5.41, 5.74) is 1.40. The summed E-state index contributed by atoms with van der Waals surface area (Å²) >= 11 is 0. The minimum Gasteiger partial charge on any atom is -0.478 e. The number of carbonyl (C=O) groups is 3. The van der Waals surface area contributed by atoms with Gasteiger partial charge in [0.15, 0.2) is 5.76 Å². The average Bonchev–Trinajstić information content (AvgIpc) is 3.14. The highest BCUT2D eigenvalue weighted by atomic mass is 16.4. The molecule has 3 N–H and O–H groups in total. The first-order valence-electron chi connectivity index (χ1n) is 8.64. The van der Waals surface area contributed by atoms with Crippen molar-refractivity contribution in [2.24, 2.45) is 0 Å². The van der Waals surface area contributed by atoms with Crippen LogP contribution in [0.25, 0.3) is 0 Å². The lowest BCUT2D eigenvalue weighted by molar-refractivity contribution is 0.0695. The van der Waals surface area contributed by atoms with Crippen LogP contribution in [0.2, 0.25) is 0 Å². The summed E-state index contributed by atoms with van der Waals surface area (Å²) in [6.45, 7) is 6.87. The van der Waals surface area contributed by atoms with Crippen molar-refractivity contribution in [2.45, 2.75) is 26.8 Å². The zero-order valence-corrected chi connectivity index (χ0v) is 15.5. The van der Waals surface area contributed by atoms with Gasteiger partial charge in [-0.1, -0.05) is 12.1 Å². The summed E-state index contributed by atoms with van der Waals surface area (Å²) in [7, 11) is 0. The van der Waals surface area contributed by atoms with Crippen LogP contribution in [0.15, 0.2) is 41.0 Å². The molecule has 144 valence electrons. The molecule has 0 saturated heterocycles. The SMILES string of the molecule is CCN(CC)C(=O)Nc1ccc(C(C)NC(=O)c2cc(C(=O)O)co2)cc1. The van der Waals surface area contributed by atoms with E-state index < -0.39 is 11.9 Å². The number of hydrogen-bond acceptors (Lipinski definition) is 4. The molecule has 1 aromatic carbocycles. The number of anilines is 1. The average molecular weight is 373 g/mol. The summed E-state index contributed by atoms with van der Waals surface area (Å²) in [4.78, 5) is 36.7. The van der Waals surface area contributed by atoms with E-state index in [4.69, 9.17) is 9.52 Å². The lowest BCUT2D eigenvalue weighted by Crippen LogP contribution is -2.34. The smallest absolute Gasteiger partial charge is 0.338 e. The molecule has 0 radical (unpaired) electrons. The first-order valence-corrected chi connectivity index (χ1v) is 8.64. The molecule has 0 saturated carbocycles. The maximum Gasteiger partial charge on any atom is 0.338 e. The molecule has 2 aromatic rings. The molecule has 1 heterocycles. The fourth-order valence-electron chi connectivity index (χ4n) is 2.49. The van der Waals surface area contributed by atoms with Crippen molar-refractivity contribution in [2.75, 3.05) is 18.4 Å². The van der Waals surface area contributed by atoms with Crippen molar-refractivity contribution in [3.8, 4) is 0 Å². The van der Waals surface area contributed by atoms with Crippen molar-refractivity contribution in [3.63, 3.8) is 0 Å². The van der Waals surface area contributed by atoms with Crippen LogP contribution in [0.1, 0.15) is 53.3 Å². The van der Waals surface area contributed by atoms with Crippen LogP contribution in [0.3, 0.4) is 0 Å². The van der Waals surface area contributed by atoms with Gasteiger partial charge >= 0.3 is 12.0 Å². The topological polar surface area (TPSA) is 112 Å². The second-order valence-electron chi connectivity index (χ2n) is 5.92. The predicted octanol–water partition coefficient (Wildman–Crippen LogP) is 3.34. The Labute approximate surface area is 157 Å². The second kappa shape index (κ2) is 8.88. The quantitative estimate of drug-likeness (QED) is 0.689. The molecule has 1 aromatic heterocycles. The minimum absolute atomic E-state index is 0.0673. The van der Waals surface area contributed by atoms with Crippen molar-refractivity contribution in [3.05, 3.63) is 53.5 Å². The number of nitrogens with one attached hydrogen (secondary N) is 2. The van der Waals surface area contributed by atoms with E-state index in [0.29, 0.717) is 18.8 Å². The number of hydrogen-bond donors (Lipinski definition) is 3. The van der Waals surface area contributed by atoms with Gasteiger partial charge in [0.05, 0.1) is 11.6 Å². The maximum absolute atomic E-state index is 12.2. The van der Waals surface area contributed by atoms with Crippen LogP contribution >= 0.6 is 0 Å². The molecule has 3 amide bonds. The molecule has 0 bridgehead atoms. The Morgan fingerprint density at radius 1 is 1.15 bits per heavy atom. The third-order valence-corrected chi connectivity index (χ3v) is 4.13. The van der Waals surface area contributed by atoms with Gasteiger partial charge in [-0.25, -0.2) is 9.59 Å². The van der Waals surface area contributed by atoms with Crippen molar-refractivity contribution >= 4 is 23.6 Å². The molecule has 8 nitrogen and oxygen atoms in total. The molecule has 0 aliphatic heterocycles. The van der Waals surface area contributed by atoms with Crippen LogP contribution in [0.5, 0.6) is 0 Å². The molecular formula is C19H23N3O5. The lowest BCUT2D eigenvalue weighted by atomic mass is 10.1. The number of carboxylic acid groups (broad SMARTS) is 1. The number of nitrogens with zero attached hydrogens (tertiary/aromatic N) is 1. The fourth-order valence-corrected chi connectivity index (χ4v) is 2.49. The maximum atomic E-state index is 12.2. The second-order valence-corrected chi connectivity index (χ2v) is 5.92. The van der Waals surface area contributed by atoms with Gasteiger partial charge in [0.25, 0.3) is 5.91 Å². The van der Waals surface area contributed by atoms with Gasteiger partial charge in [0, 0.05) is 24.8 Å². The van der Waals surface area contributed by atoms with Crippen LogP contribution in [-0.4, -0.2) is 41.0 Å². The summed E-state index contributed by atoms with van der Waals surface area (Å²) in [6, 6.07) is 7.80. The summed E-state index contributed by atoms with van der Waals surface area (Å²) in [6.07, 6.45) is 1.02. The number of amides is 3. The van der Waals surface area contributed by atoms with Gasteiger partial charge in [0.2, 0.25) is 0 Å². The summed E-state index contributed by atoms with van der Waals surface area (Å²) in [5, 5.41) is 14.4. The highest BCUT2D eigenvalue weighted by Gasteiger charge is 2.17. The van der Waals surface area contributed by atoms with E-state index in [1.807, 2.05) is 13.8 Å². The third kappa shape index (κ3) is 5.10. The fraction of sp³-hybridized carbons (Fsp3) is 0.316. The lowest BCUT2D eigenvalue weighted by Gasteiger charge is -2.19. The van der Waals surface area contributed by atoms with E-state index in [9.17, 15) is 14.4 Å². The van der Waals surface area contributed by atoms with Crippen LogP contribution in [0.4, 0.5) is 10.5 Å². The summed E-state index contributed by atoms with van der Waals surface area (Å²) in [5.74, 6) is -1.73. The van der Waals surface area contributed by atoms with Gasteiger partial charge in [-0.05, 0) is 38.5 Å². The van der Waals surface area contributed by atoms with Crippen LogP contribution in [-0.2, 0) is 0 Å². The molecule has 0 fully saturated rings. The molecule has 2 rings (SSSR count). The van der Waals surface area contributed by atoms with Crippen LogP contribution < -0.4 is 10.6 Å². The molecule has 1 atom stereocenters. The highest BCUT2D eigenvalue weighted by molar-refractivity contribution is 5.95. The minimum atomic E-state index is -1.16. The molecule has 0 spiro atoms. The highest BCUT2D eigenvalue weighted by Crippen LogP contribution is 2.18. The molecule has 27 heavy (non-hydrogen) atoms. The van der Waals surface area contributed by atoms with E-state index >= 15 is 0 Å². The van der Waals surface area contributed by atoms with Gasteiger partial charge in [-0.15, -0.1) is 0 Å². The Morgan fingerprint density at radius 2 is 1.78 bits per heavy atom. The first-order chi connectivity index (χ1) is 12.8. The standard InChI is InChI=1S/C19H23N3O5/c1-4-22(5-2)19(26)21-15-8-6-13(7-9-15)12(3)20-17(23)16-10-14(11-27-16)18(24)25/h6-12H,4-5H2,1-3H3,(H,20,23)(H,21,26)(H,24,25). The van der Waals surface area contributed by atoms with Crippen molar-refractivity contribution in [1.29, 1.82) is 0 Å². The predicted molar refractivity (Wildman–Crippen MR) is 99.9 cm³/mol. The monoisotopic (exact) mass is 373 g/mol. The number of aromatic carboxylic acids is 1. The van der Waals surface area contributed by atoms with Gasteiger partial charge in [-0.3, -0.25) is 4.79 Å². The number of benzene rings is 1. The Bertz CT molecular complexity index is 809. The number of carboxylic acids is 1. The normalized spacial score (nSPS) is 11.5. The van der Waals surface area contributed by atoms with E-state index in [2.05, 4.69) is 10.6 Å². The zero-order chi connectivity index (χ0) is 20.0. The van der Waals surface area contributed by atoms with E-state index in [1.165, 1.54) is 6.07 Å². The number of furan rings is 1. The number of carbonyl (C=O) groups excluding carboxylic acids is 2. The Morgan fingerprint density at radius 3 is 2.30 bits per heavy atom. The molecule has 8 heteroatoms. The number of rotatable bonds is 7. The van der Waals surface area contributed by atoms with Crippen molar-refractivity contribution in [1.82, 2.24) is 10.2 Å². The van der Waals surface area contributed by atoms with E-state index in [-0.39, 0.29) is 23.4 Å². The zero-order valence-electron chi connectivity index (χ0n) is 15.5. The Hall–Kier alpha value is -3.29. The molecule has 1 unspecified atom stereocenters. The van der Waals surface area contributed by atoms with Crippen molar-refractivity contribution < 1.29 is 23.9 Å². The third-order valence-electron chi connectivity index (χ3n) is 4.13. The van der Waals surface area contributed by atoms with Gasteiger partial charge in [0.1, 0.15) is 6.26 Å². The molecular weight excluding hydrogens is 350 g/mol. The van der Waals surface area contributed by atoms with Gasteiger partial charge < -0.3 is 25.1 Å². The Kier molecular flexibility index (Phi) is 6.59. The van der Waals surface area contributed by atoms with Crippen LogP contribution in [0, 0.1) is 0 Å². The molecule has 0 aliphatic rings.